The molecule has 1 rings (SSSR count). The van der Waals surface area contributed by atoms with Gasteiger partial charge < -0.3 is 15.3 Å². The summed E-state index contributed by atoms with van der Waals surface area (Å²) in [5.74, 6) is 1.13. The number of nitrogens with one attached hydrogen (secondary N) is 1. The van der Waals surface area contributed by atoms with E-state index in [9.17, 15) is 9.59 Å². The van der Waals surface area contributed by atoms with Crippen LogP contribution < -0.4 is 5.32 Å². The molecule has 0 radical (unpaired) electrons. The molecule has 2 N–H and O–H groups in total. The summed E-state index contributed by atoms with van der Waals surface area (Å²) in [4.78, 5) is 27.1. The monoisotopic (exact) mass is 253 g/mol. The molecule has 6 nitrogen and oxygen atoms in total. The van der Waals surface area contributed by atoms with Crippen molar-refractivity contribution < 1.29 is 14.7 Å². The average molecular weight is 253 g/mol. The minimum atomic E-state index is -1.11. The van der Waals surface area contributed by atoms with E-state index in [0.717, 1.165) is 9.91 Å². The van der Waals surface area contributed by atoms with Crippen LogP contribution in [0.25, 0.3) is 0 Å². The Morgan fingerprint density at radius 1 is 1.65 bits per heavy atom. The standard InChI is InChI=1S/C10H11N3O3S/c1-2-4-13(7-9(14)15)10(16)12-6-8-11-3-5-17-8/h1,3,5H,4,6-7H2,(H,12,16)(H,14,15). The van der Waals surface area contributed by atoms with E-state index in [1.54, 1.807) is 11.6 Å². The summed E-state index contributed by atoms with van der Waals surface area (Å²) in [5.41, 5.74) is 0. The van der Waals surface area contributed by atoms with E-state index < -0.39 is 18.5 Å². The van der Waals surface area contributed by atoms with Crippen LogP contribution in [-0.4, -0.2) is 40.1 Å². The van der Waals surface area contributed by atoms with Gasteiger partial charge in [-0.15, -0.1) is 17.8 Å². The van der Waals surface area contributed by atoms with Gasteiger partial charge in [0.1, 0.15) is 11.6 Å². The van der Waals surface area contributed by atoms with Crippen molar-refractivity contribution in [1.82, 2.24) is 15.2 Å². The van der Waals surface area contributed by atoms with Crippen LogP contribution in [0.3, 0.4) is 0 Å². The van der Waals surface area contributed by atoms with Crippen molar-refractivity contribution in [3.8, 4) is 12.3 Å². The van der Waals surface area contributed by atoms with E-state index in [1.807, 2.05) is 0 Å². The fourth-order valence-electron chi connectivity index (χ4n) is 1.08. The van der Waals surface area contributed by atoms with E-state index in [-0.39, 0.29) is 13.1 Å². The lowest BCUT2D eigenvalue weighted by molar-refractivity contribution is -0.137. The average Bonchev–Trinajstić information content (AvgIpc) is 2.77. The highest BCUT2D eigenvalue weighted by molar-refractivity contribution is 7.09. The number of carbonyl (C=O) groups is 2. The lowest BCUT2D eigenvalue weighted by Crippen LogP contribution is -2.42. The largest absolute Gasteiger partial charge is 0.480 e. The quantitative estimate of drug-likeness (QED) is 0.743. The molecule has 0 spiro atoms. The molecule has 0 fully saturated rings. The number of aliphatic carboxylic acids is 1. The number of amides is 2. The van der Waals surface area contributed by atoms with Crippen molar-refractivity contribution in [1.29, 1.82) is 0 Å². The highest BCUT2D eigenvalue weighted by atomic mass is 32.1. The number of hydrogen-bond acceptors (Lipinski definition) is 4. The molecule has 0 aliphatic carbocycles. The Kier molecular flexibility index (Phi) is 4.97. The van der Waals surface area contributed by atoms with Gasteiger partial charge in [-0.05, 0) is 0 Å². The fraction of sp³-hybridized carbons (Fsp3) is 0.300. The highest BCUT2D eigenvalue weighted by Crippen LogP contribution is 2.03. The van der Waals surface area contributed by atoms with Crippen molar-refractivity contribution in [3.05, 3.63) is 16.6 Å². The third kappa shape index (κ3) is 4.53. The molecule has 17 heavy (non-hydrogen) atoms. The van der Waals surface area contributed by atoms with Crippen LogP contribution in [0.4, 0.5) is 4.79 Å². The molecule has 2 amide bonds. The summed E-state index contributed by atoms with van der Waals surface area (Å²) in [6.45, 7) is -0.207. The van der Waals surface area contributed by atoms with Crippen molar-refractivity contribution in [2.45, 2.75) is 6.54 Å². The molecule has 1 heterocycles. The van der Waals surface area contributed by atoms with Crippen LogP contribution in [0.2, 0.25) is 0 Å². The summed E-state index contributed by atoms with van der Waals surface area (Å²) in [6.07, 6.45) is 6.69. The zero-order chi connectivity index (χ0) is 12.7. The number of terminal acetylenes is 1. The first-order valence-electron chi connectivity index (χ1n) is 4.70. The molecule has 0 aromatic carbocycles. The molecule has 0 bridgehead atoms. The van der Waals surface area contributed by atoms with E-state index in [1.165, 1.54) is 11.3 Å². The summed E-state index contributed by atoms with van der Waals surface area (Å²) in [5, 5.41) is 13.7. The number of nitrogens with zero attached hydrogens (tertiary/aromatic N) is 2. The third-order valence-electron chi connectivity index (χ3n) is 1.77. The van der Waals surface area contributed by atoms with Gasteiger partial charge in [0.15, 0.2) is 0 Å². The number of rotatable bonds is 5. The van der Waals surface area contributed by atoms with Crippen LogP contribution in [0.15, 0.2) is 11.6 Å². The fourth-order valence-corrected chi connectivity index (χ4v) is 1.63. The molecule has 0 unspecified atom stereocenters. The molecule has 0 saturated heterocycles. The lowest BCUT2D eigenvalue weighted by Gasteiger charge is -2.17. The van der Waals surface area contributed by atoms with Gasteiger partial charge in [0.2, 0.25) is 0 Å². The normalized spacial score (nSPS) is 9.35. The van der Waals surface area contributed by atoms with E-state index >= 15 is 0 Å². The Morgan fingerprint density at radius 2 is 2.41 bits per heavy atom. The molecule has 0 aliphatic rings. The molecule has 0 aliphatic heterocycles. The van der Waals surface area contributed by atoms with Gasteiger partial charge in [-0.25, -0.2) is 9.78 Å². The van der Waals surface area contributed by atoms with Gasteiger partial charge in [-0.1, -0.05) is 5.92 Å². The molecule has 0 saturated carbocycles. The molecular weight excluding hydrogens is 242 g/mol. The summed E-state index contributed by atoms with van der Waals surface area (Å²) in [6, 6.07) is -0.513. The summed E-state index contributed by atoms with van der Waals surface area (Å²) < 4.78 is 0. The second kappa shape index (κ2) is 6.50. The number of thiazole rings is 1. The zero-order valence-corrected chi connectivity index (χ0v) is 9.74. The zero-order valence-electron chi connectivity index (χ0n) is 8.92. The number of carboxylic acid groups (broad SMARTS) is 1. The topological polar surface area (TPSA) is 82.5 Å². The van der Waals surface area contributed by atoms with Gasteiger partial charge in [0, 0.05) is 11.6 Å². The van der Waals surface area contributed by atoms with E-state index in [0.29, 0.717) is 0 Å². The molecule has 7 heteroatoms. The van der Waals surface area contributed by atoms with E-state index in [2.05, 4.69) is 16.2 Å². The lowest BCUT2D eigenvalue weighted by atomic mass is 10.5. The maximum atomic E-state index is 11.6. The van der Waals surface area contributed by atoms with Crippen molar-refractivity contribution in [3.63, 3.8) is 0 Å². The minimum absolute atomic E-state index is 0.0456. The Balaban J connectivity index is 2.47. The van der Waals surface area contributed by atoms with Crippen LogP contribution in [0.1, 0.15) is 5.01 Å². The van der Waals surface area contributed by atoms with Crippen LogP contribution in [0.5, 0.6) is 0 Å². The molecular formula is C10H11N3O3S. The first-order valence-corrected chi connectivity index (χ1v) is 5.58. The summed E-state index contributed by atoms with van der Waals surface area (Å²) >= 11 is 1.40. The van der Waals surface area contributed by atoms with Gasteiger partial charge in [-0.2, -0.15) is 0 Å². The number of carbonyl (C=O) groups excluding carboxylic acids is 1. The number of carboxylic acids is 1. The minimum Gasteiger partial charge on any atom is -0.480 e. The van der Waals surface area contributed by atoms with Gasteiger partial charge in [-0.3, -0.25) is 4.79 Å². The Morgan fingerprint density at radius 3 is 2.94 bits per heavy atom. The third-order valence-corrected chi connectivity index (χ3v) is 2.55. The van der Waals surface area contributed by atoms with Crippen LogP contribution >= 0.6 is 11.3 Å². The van der Waals surface area contributed by atoms with Crippen molar-refractivity contribution >= 4 is 23.3 Å². The van der Waals surface area contributed by atoms with Gasteiger partial charge in [0.05, 0.1) is 13.1 Å². The number of hydrogen-bond donors (Lipinski definition) is 2. The highest BCUT2D eigenvalue weighted by Gasteiger charge is 2.15. The van der Waals surface area contributed by atoms with Crippen molar-refractivity contribution in [2.24, 2.45) is 0 Å². The SMILES string of the molecule is C#CCN(CC(=O)O)C(=O)NCc1nccs1. The van der Waals surface area contributed by atoms with Crippen LogP contribution in [-0.2, 0) is 11.3 Å². The second-order valence-electron chi connectivity index (χ2n) is 3.04. The predicted octanol–water partition coefficient (Wildman–Crippen LogP) is 0.373. The smallest absolute Gasteiger partial charge is 0.323 e. The predicted molar refractivity (Wildman–Crippen MR) is 62.4 cm³/mol. The second-order valence-corrected chi connectivity index (χ2v) is 4.02. The first-order chi connectivity index (χ1) is 8.13. The van der Waals surface area contributed by atoms with Gasteiger partial charge in [0.25, 0.3) is 0 Å². The van der Waals surface area contributed by atoms with Crippen LogP contribution in [0, 0.1) is 12.3 Å². The molecule has 0 atom stereocenters. The maximum Gasteiger partial charge on any atom is 0.323 e. The molecule has 1 aromatic heterocycles. The number of urea groups is 1. The first kappa shape index (κ1) is 13.0. The Bertz CT molecular complexity index is 425. The van der Waals surface area contributed by atoms with E-state index in [4.69, 9.17) is 11.5 Å². The Hall–Kier alpha value is -2.07. The summed E-state index contributed by atoms with van der Waals surface area (Å²) in [7, 11) is 0. The maximum absolute atomic E-state index is 11.6. The molecule has 90 valence electrons. The Labute approximate surface area is 102 Å². The molecule has 1 aromatic rings. The van der Waals surface area contributed by atoms with Crippen molar-refractivity contribution in [2.75, 3.05) is 13.1 Å². The number of aromatic nitrogens is 1. The van der Waals surface area contributed by atoms with Gasteiger partial charge >= 0.3 is 12.0 Å².